The molecule has 2 aromatic heterocycles. The number of benzene rings is 1. The number of carboxylic acids is 1. The Morgan fingerprint density at radius 2 is 2.04 bits per heavy atom. The minimum Gasteiger partial charge on any atom is -0.480 e. The molecule has 0 spiro atoms. The van der Waals surface area contributed by atoms with Crippen molar-refractivity contribution in [2.75, 3.05) is 0 Å². The molecule has 0 unspecified atom stereocenters. The molecule has 0 saturated heterocycles. The zero-order chi connectivity index (χ0) is 17.6. The van der Waals surface area contributed by atoms with Gasteiger partial charge in [0.15, 0.2) is 0 Å². The number of thiophene rings is 1. The Morgan fingerprint density at radius 3 is 2.80 bits per heavy atom. The van der Waals surface area contributed by atoms with Crippen LogP contribution in [0.5, 0.6) is 0 Å². The first-order chi connectivity index (χ1) is 12.1. The van der Waals surface area contributed by atoms with Crippen LogP contribution in [0.1, 0.15) is 36.9 Å². The molecule has 6 heteroatoms. The van der Waals surface area contributed by atoms with Crippen LogP contribution in [-0.2, 0) is 17.6 Å². The van der Waals surface area contributed by atoms with Crippen LogP contribution in [0.3, 0.4) is 0 Å². The van der Waals surface area contributed by atoms with Crippen molar-refractivity contribution in [2.45, 2.75) is 38.6 Å². The fraction of sp³-hybridized carbons (Fsp3) is 0.316. The van der Waals surface area contributed by atoms with E-state index in [1.807, 2.05) is 5.38 Å². The lowest BCUT2D eigenvalue weighted by molar-refractivity contribution is -0.140. The van der Waals surface area contributed by atoms with Crippen molar-refractivity contribution < 1.29 is 9.90 Å². The van der Waals surface area contributed by atoms with Crippen molar-refractivity contribution in [1.82, 2.24) is 9.55 Å². The summed E-state index contributed by atoms with van der Waals surface area (Å²) in [6.07, 6.45) is 5.95. The third-order valence-electron chi connectivity index (χ3n) is 4.95. The second-order valence-corrected chi connectivity index (χ2v) is 7.35. The normalized spacial score (nSPS) is 15.1. The first-order valence-electron chi connectivity index (χ1n) is 8.39. The first-order valence-corrected chi connectivity index (χ1v) is 9.27. The first kappa shape index (κ1) is 16.0. The summed E-state index contributed by atoms with van der Waals surface area (Å²) >= 11 is 1.42. The Labute approximate surface area is 148 Å². The smallest absolute Gasteiger partial charge is 0.326 e. The summed E-state index contributed by atoms with van der Waals surface area (Å²) < 4.78 is 1.19. The number of hydrogen-bond donors (Lipinski definition) is 1. The fourth-order valence-corrected chi connectivity index (χ4v) is 4.36. The van der Waals surface area contributed by atoms with Gasteiger partial charge in [0.25, 0.3) is 5.56 Å². The number of rotatable bonds is 3. The molecule has 128 valence electrons. The van der Waals surface area contributed by atoms with Crippen LogP contribution in [0, 0.1) is 0 Å². The monoisotopic (exact) mass is 354 g/mol. The van der Waals surface area contributed by atoms with Gasteiger partial charge in [0.05, 0.1) is 11.7 Å². The van der Waals surface area contributed by atoms with E-state index in [1.54, 1.807) is 0 Å². The maximum Gasteiger partial charge on any atom is 0.326 e. The predicted molar refractivity (Wildman–Crippen MR) is 98.3 cm³/mol. The molecule has 2 heterocycles. The van der Waals surface area contributed by atoms with Gasteiger partial charge in [0.2, 0.25) is 0 Å². The Morgan fingerprint density at radius 1 is 1.28 bits per heavy atom. The van der Waals surface area contributed by atoms with E-state index in [9.17, 15) is 14.7 Å². The van der Waals surface area contributed by atoms with Gasteiger partial charge in [-0.2, -0.15) is 0 Å². The molecule has 1 N–H and O–H groups in total. The van der Waals surface area contributed by atoms with Gasteiger partial charge in [0, 0.05) is 10.9 Å². The number of hydrogen-bond acceptors (Lipinski definition) is 4. The van der Waals surface area contributed by atoms with Crippen LogP contribution < -0.4 is 5.56 Å². The maximum atomic E-state index is 12.9. The lowest BCUT2D eigenvalue weighted by Gasteiger charge is -2.16. The highest BCUT2D eigenvalue weighted by atomic mass is 32.1. The number of carboxylic acid groups (broad SMARTS) is 1. The van der Waals surface area contributed by atoms with Crippen molar-refractivity contribution in [1.29, 1.82) is 0 Å². The van der Waals surface area contributed by atoms with Crippen LogP contribution in [0.4, 0.5) is 0 Å². The molecule has 0 amide bonds. The van der Waals surface area contributed by atoms with E-state index in [0.29, 0.717) is 10.2 Å². The highest BCUT2D eigenvalue weighted by molar-refractivity contribution is 7.17. The van der Waals surface area contributed by atoms with Gasteiger partial charge < -0.3 is 5.11 Å². The zero-order valence-electron chi connectivity index (χ0n) is 13.9. The number of aromatic nitrogens is 2. The van der Waals surface area contributed by atoms with E-state index >= 15 is 0 Å². The van der Waals surface area contributed by atoms with Gasteiger partial charge in [-0.3, -0.25) is 9.36 Å². The second-order valence-electron chi connectivity index (χ2n) is 6.49. The molecule has 25 heavy (non-hydrogen) atoms. The molecule has 0 fully saturated rings. The van der Waals surface area contributed by atoms with Crippen molar-refractivity contribution in [3.63, 3.8) is 0 Å². The van der Waals surface area contributed by atoms with Crippen LogP contribution in [-0.4, -0.2) is 20.6 Å². The summed E-state index contributed by atoms with van der Waals surface area (Å²) in [6, 6.07) is 5.44. The second kappa shape index (κ2) is 6.11. The largest absolute Gasteiger partial charge is 0.480 e. The van der Waals surface area contributed by atoms with Gasteiger partial charge >= 0.3 is 5.97 Å². The highest BCUT2D eigenvalue weighted by Gasteiger charge is 2.20. The van der Waals surface area contributed by atoms with E-state index in [1.165, 1.54) is 53.1 Å². The van der Waals surface area contributed by atoms with Crippen LogP contribution in [0.15, 0.2) is 34.7 Å². The van der Waals surface area contributed by atoms with E-state index in [2.05, 4.69) is 23.2 Å². The molecule has 1 aliphatic carbocycles. The number of fused-ring (bicyclic) bond motifs is 2. The topological polar surface area (TPSA) is 72.2 Å². The molecule has 1 atom stereocenters. The maximum absolute atomic E-state index is 12.9. The summed E-state index contributed by atoms with van der Waals surface area (Å²) in [6.45, 7) is 1.49. The third-order valence-corrected chi connectivity index (χ3v) is 5.84. The lowest BCUT2D eigenvalue weighted by Crippen LogP contribution is -2.28. The Balaban J connectivity index is 1.90. The van der Waals surface area contributed by atoms with Crippen LogP contribution in [0.2, 0.25) is 0 Å². The molecule has 0 radical (unpaired) electrons. The molecular weight excluding hydrogens is 336 g/mol. The average molecular weight is 354 g/mol. The number of nitrogens with zero attached hydrogens (tertiary/aromatic N) is 2. The number of aliphatic carboxylic acids is 1. The van der Waals surface area contributed by atoms with Gasteiger partial charge in [0.1, 0.15) is 10.9 Å². The quantitative estimate of drug-likeness (QED) is 0.779. The molecule has 0 saturated carbocycles. The Hall–Kier alpha value is -2.47. The number of aryl methyl sites for hydroxylation is 2. The molecule has 0 aliphatic heterocycles. The zero-order valence-corrected chi connectivity index (χ0v) is 14.7. The minimum absolute atomic E-state index is 0.297. The third kappa shape index (κ3) is 2.66. The molecule has 1 aliphatic rings. The summed E-state index contributed by atoms with van der Waals surface area (Å²) in [4.78, 5) is 29.1. The van der Waals surface area contributed by atoms with Gasteiger partial charge in [-0.05, 0) is 49.3 Å². The Kier molecular flexibility index (Phi) is 3.92. The van der Waals surface area contributed by atoms with Crippen molar-refractivity contribution in [3.05, 3.63) is 51.4 Å². The molecule has 3 aromatic rings. The van der Waals surface area contributed by atoms with Gasteiger partial charge in [-0.1, -0.05) is 18.2 Å². The van der Waals surface area contributed by atoms with Gasteiger partial charge in [-0.25, -0.2) is 9.78 Å². The summed E-state index contributed by atoms with van der Waals surface area (Å²) in [7, 11) is 0. The summed E-state index contributed by atoms with van der Waals surface area (Å²) in [5.74, 6) is -1.05. The molecular formula is C19H18N2O3S. The van der Waals surface area contributed by atoms with E-state index in [4.69, 9.17) is 0 Å². The average Bonchev–Trinajstić information content (AvgIpc) is 3.06. The standard InChI is InChI=1S/C19H18N2O3S/c1-11(19(23)24)21-10-20-17-16(18(21)22)15(9-25-17)14-7-6-12-4-2-3-5-13(12)8-14/h6-11H,2-5H2,1H3,(H,23,24)/t11-/m1/s1. The van der Waals surface area contributed by atoms with Crippen molar-refractivity contribution in [3.8, 4) is 11.1 Å². The van der Waals surface area contributed by atoms with Crippen molar-refractivity contribution >= 4 is 27.5 Å². The minimum atomic E-state index is -1.05. The molecule has 0 bridgehead atoms. The van der Waals surface area contributed by atoms with E-state index in [0.717, 1.165) is 24.0 Å². The van der Waals surface area contributed by atoms with Crippen molar-refractivity contribution in [2.24, 2.45) is 0 Å². The highest BCUT2D eigenvalue weighted by Crippen LogP contribution is 2.33. The summed E-state index contributed by atoms with van der Waals surface area (Å²) in [5, 5.41) is 11.7. The SMILES string of the molecule is C[C@H](C(=O)O)n1cnc2scc(-c3ccc4c(c3)CCCC4)c2c1=O. The predicted octanol–water partition coefficient (Wildman–Crippen LogP) is 3.65. The fourth-order valence-electron chi connectivity index (χ4n) is 3.45. The number of carbonyl (C=O) groups is 1. The molecule has 5 nitrogen and oxygen atoms in total. The molecule has 4 rings (SSSR count). The molecule has 1 aromatic carbocycles. The summed E-state index contributed by atoms with van der Waals surface area (Å²) in [5.41, 5.74) is 4.30. The lowest BCUT2D eigenvalue weighted by atomic mass is 9.89. The van der Waals surface area contributed by atoms with Crippen LogP contribution in [0.25, 0.3) is 21.3 Å². The van der Waals surface area contributed by atoms with E-state index in [-0.39, 0.29) is 5.56 Å². The van der Waals surface area contributed by atoms with E-state index < -0.39 is 12.0 Å². The Bertz CT molecular complexity index is 1030. The van der Waals surface area contributed by atoms with Crippen LogP contribution >= 0.6 is 11.3 Å². The van der Waals surface area contributed by atoms with Gasteiger partial charge in [-0.15, -0.1) is 11.3 Å².